The van der Waals surface area contributed by atoms with Gasteiger partial charge in [0.25, 0.3) is 0 Å². The van der Waals surface area contributed by atoms with Gasteiger partial charge in [-0.25, -0.2) is 13.8 Å². The van der Waals surface area contributed by atoms with Crippen molar-refractivity contribution in [3.8, 4) is 5.75 Å². The van der Waals surface area contributed by atoms with E-state index in [1.807, 2.05) is 0 Å². The van der Waals surface area contributed by atoms with Crippen LogP contribution in [0.4, 0.5) is 27.6 Å². The van der Waals surface area contributed by atoms with E-state index in [0.29, 0.717) is 0 Å². The van der Waals surface area contributed by atoms with Crippen molar-refractivity contribution in [3.05, 3.63) is 69.0 Å². The van der Waals surface area contributed by atoms with Crippen LogP contribution in [0.3, 0.4) is 0 Å². The van der Waals surface area contributed by atoms with Crippen molar-refractivity contribution in [2.24, 2.45) is 4.99 Å². The molecule has 0 saturated carbocycles. The van der Waals surface area contributed by atoms with E-state index in [1.165, 1.54) is 6.07 Å². The maximum atomic E-state index is 14.6. The number of pyridine rings is 1. The summed E-state index contributed by atoms with van der Waals surface area (Å²) in [6.45, 7) is -1.33. The van der Waals surface area contributed by atoms with Gasteiger partial charge in [0, 0.05) is 30.2 Å². The molecule has 33 heavy (non-hydrogen) atoms. The molecule has 2 aromatic carbocycles. The Labute approximate surface area is 188 Å². The molecule has 2 N–H and O–H groups in total. The second kappa shape index (κ2) is 9.08. The Morgan fingerprint density at radius 2 is 1.85 bits per heavy atom. The third-order valence-electron chi connectivity index (χ3n) is 4.75. The number of aromatic amines is 1. The van der Waals surface area contributed by atoms with Gasteiger partial charge in [0.05, 0.1) is 35.7 Å². The van der Waals surface area contributed by atoms with Crippen LogP contribution in [0, 0.1) is 11.6 Å². The zero-order chi connectivity index (χ0) is 24.6. The highest BCUT2D eigenvalue weighted by molar-refractivity contribution is 6.35. The van der Waals surface area contributed by atoms with Gasteiger partial charge in [0.15, 0.2) is 11.6 Å². The fourth-order valence-corrected chi connectivity index (χ4v) is 3.42. The first-order valence-corrected chi connectivity index (χ1v) is 9.53. The fraction of sp³-hybridized carbons (Fsp3) is 0.238. The summed E-state index contributed by atoms with van der Waals surface area (Å²) < 4.78 is 80.3. The molecule has 0 saturated heterocycles. The minimum absolute atomic E-state index is 0.0561. The highest BCUT2D eigenvalue weighted by Gasteiger charge is 2.58. The summed E-state index contributed by atoms with van der Waals surface area (Å²) in [6, 6.07) is 5.97. The largest absolute Gasteiger partial charge is 0.494 e. The number of nitrogens with one attached hydrogen (secondary N) is 1. The summed E-state index contributed by atoms with van der Waals surface area (Å²) in [4.78, 5) is 17.8. The Kier molecular flexibility index (Phi) is 6.78. The van der Waals surface area contributed by atoms with Crippen LogP contribution < -0.4 is 10.3 Å². The number of ether oxygens (including phenoxy) is 2. The molecule has 0 fully saturated rings. The molecule has 176 valence electrons. The number of rotatable bonds is 6. The molecule has 0 aliphatic heterocycles. The normalized spacial score (nSPS) is 14.4. The molecule has 0 bridgehead atoms. The molecule has 0 amide bonds. The standard InChI is InChI=1S/C21H16ClF5N2O4/c1-32-9-20(31,21(25,26)27)19(12-3-5-15(33-2)18(24)17(12)22)29-14-8-10(23)7-13-11(14)4-6-16(30)28-13/h3-8,31H,9H2,1-2H3,(H,28,30)/t20-/m1/s1. The summed E-state index contributed by atoms with van der Waals surface area (Å²) in [5, 5.41) is 9.94. The van der Waals surface area contributed by atoms with E-state index in [2.05, 4.69) is 14.7 Å². The lowest BCUT2D eigenvalue weighted by Crippen LogP contribution is -2.55. The number of H-pyrrole nitrogens is 1. The van der Waals surface area contributed by atoms with Crippen molar-refractivity contribution in [1.29, 1.82) is 0 Å². The van der Waals surface area contributed by atoms with Gasteiger partial charge >= 0.3 is 6.18 Å². The number of hydrogen-bond acceptors (Lipinski definition) is 5. The zero-order valence-corrected chi connectivity index (χ0v) is 17.8. The summed E-state index contributed by atoms with van der Waals surface area (Å²) in [7, 11) is 2.03. The number of nitrogens with zero attached hydrogens (tertiary/aromatic N) is 1. The second-order valence-corrected chi connectivity index (χ2v) is 7.28. The van der Waals surface area contributed by atoms with Gasteiger partial charge in [0.2, 0.25) is 11.2 Å². The van der Waals surface area contributed by atoms with Crippen LogP contribution in [0.25, 0.3) is 10.9 Å². The smallest absolute Gasteiger partial charge is 0.425 e. The first kappa shape index (κ1) is 24.6. The minimum atomic E-state index is -5.36. The number of aliphatic hydroxyl groups is 1. The van der Waals surface area contributed by atoms with Crippen LogP contribution in [0.5, 0.6) is 5.75 Å². The predicted octanol–water partition coefficient (Wildman–Crippen LogP) is 4.53. The molecule has 0 radical (unpaired) electrons. The topological polar surface area (TPSA) is 83.9 Å². The maximum absolute atomic E-state index is 14.6. The molecule has 3 rings (SSSR count). The lowest BCUT2D eigenvalue weighted by atomic mass is 9.91. The number of alkyl halides is 3. The maximum Gasteiger partial charge on any atom is 0.425 e. The first-order valence-electron chi connectivity index (χ1n) is 9.15. The van der Waals surface area contributed by atoms with Crippen LogP contribution >= 0.6 is 11.6 Å². The Morgan fingerprint density at radius 3 is 2.45 bits per heavy atom. The van der Waals surface area contributed by atoms with E-state index in [-0.39, 0.29) is 22.3 Å². The van der Waals surface area contributed by atoms with Gasteiger partial charge in [-0.3, -0.25) is 4.79 Å². The third-order valence-corrected chi connectivity index (χ3v) is 5.12. The van der Waals surface area contributed by atoms with Gasteiger partial charge in [-0.1, -0.05) is 11.6 Å². The van der Waals surface area contributed by atoms with Crippen molar-refractivity contribution in [1.82, 2.24) is 4.98 Å². The number of methoxy groups -OCH3 is 2. The Balaban J connectivity index is 2.43. The SMILES string of the molecule is COC[C@@](O)(C(=Nc1cc(F)cc2[nH]c(=O)ccc12)c1ccc(OC)c(F)c1Cl)C(F)(F)F. The van der Waals surface area contributed by atoms with E-state index in [0.717, 1.165) is 44.6 Å². The highest BCUT2D eigenvalue weighted by Crippen LogP contribution is 2.39. The predicted molar refractivity (Wildman–Crippen MR) is 112 cm³/mol. The molecule has 1 aromatic heterocycles. The number of fused-ring (bicyclic) bond motifs is 1. The lowest BCUT2D eigenvalue weighted by Gasteiger charge is -2.32. The quantitative estimate of drug-likeness (QED) is 0.393. The van der Waals surface area contributed by atoms with E-state index < -0.39 is 51.9 Å². The highest BCUT2D eigenvalue weighted by atomic mass is 35.5. The number of aromatic nitrogens is 1. The second-order valence-electron chi connectivity index (χ2n) is 6.90. The molecule has 1 atom stereocenters. The summed E-state index contributed by atoms with van der Waals surface area (Å²) in [6.07, 6.45) is -5.36. The first-order chi connectivity index (χ1) is 15.4. The number of aliphatic imine (C=N–C) groups is 1. The van der Waals surface area contributed by atoms with Gasteiger partial charge in [-0.15, -0.1) is 0 Å². The molecule has 6 nitrogen and oxygen atoms in total. The molecule has 3 aromatic rings. The van der Waals surface area contributed by atoms with Crippen LogP contribution in [0.1, 0.15) is 5.56 Å². The molecule has 1 heterocycles. The summed E-state index contributed by atoms with van der Waals surface area (Å²) in [5.41, 5.74) is -6.59. The van der Waals surface area contributed by atoms with Gasteiger partial charge in [-0.2, -0.15) is 13.2 Å². The Bertz CT molecular complexity index is 1290. The Morgan fingerprint density at radius 1 is 1.15 bits per heavy atom. The molecule has 0 spiro atoms. The van der Waals surface area contributed by atoms with Crippen molar-refractivity contribution < 1.29 is 36.5 Å². The van der Waals surface area contributed by atoms with Crippen LogP contribution in [-0.4, -0.2) is 48.4 Å². The van der Waals surface area contributed by atoms with E-state index in [1.54, 1.807) is 0 Å². The van der Waals surface area contributed by atoms with Gasteiger partial charge in [0.1, 0.15) is 5.82 Å². The molecule has 0 aliphatic rings. The third kappa shape index (κ3) is 4.56. The van der Waals surface area contributed by atoms with Crippen LogP contribution in [-0.2, 0) is 4.74 Å². The van der Waals surface area contributed by atoms with E-state index in [9.17, 15) is 31.9 Å². The minimum Gasteiger partial charge on any atom is -0.494 e. The van der Waals surface area contributed by atoms with Crippen molar-refractivity contribution in [2.75, 3.05) is 20.8 Å². The van der Waals surface area contributed by atoms with E-state index >= 15 is 0 Å². The molecule has 0 aliphatic carbocycles. The zero-order valence-electron chi connectivity index (χ0n) is 17.1. The average molecular weight is 491 g/mol. The lowest BCUT2D eigenvalue weighted by molar-refractivity contribution is -0.242. The van der Waals surface area contributed by atoms with Crippen LogP contribution in [0.15, 0.2) is 46.2 Å². The fourth-order valence-electron chi connectivity index (χ4n) is 3.17. The number of halogens is 6. The van der Waals surface area contributed by atoms with Gasteiger partial charge < -0.3 is 19.6 Å². The molecule has 0 unspecified atom stereocenters. The molecular formula is C21H16ClF5N2O4. The van der Waals surface area contributed by atoms with Crippen LogP contribution in [0.2, 0.25) is 5.02 Å². The van der Waals surface area contributed by atoms with Crippen molar-refractivity contribution in [3.63, 3.8) is 0 Å². The van der Waals surface area contributed by atoms with Crippen molar-refractivity contribution in [2.45, 2.75) is 11.8 Å². The number of hydrogen-bond donors (Lipinski definition) is 2. The summed E-state index contributed by atoms with van der Waals surface area (Å²) in [5.74, 6) is -2.49. The average Bonchev–Trinajstić information content (AvgIpc) is 2.73. The van der Waals surface area contributed by atoms with E-state index in [4.69, 9.17) is 16.3 Å². The van der Waals surface area contributed by atoms with Crippen molar-refractivity contribution >= 4 is 33.9 Å². The Hall–Kier alpha value is -3.02. The monoisotopic (exact) mass is 490 g/mol. The number of benzene rings is 2. The molecule has 12 heteroatoms. The van der Waals surface area contributed by atoms with Gasteiger partial charge in [-0.05, 0) is 24.3 Å². The summed E-state index contributed by atoms with van der Waals surface area (Å²) >= 11 is 5.99. The molecular weight excluding hydrogens is 475 g/mol.